The molecule has 13 nitrogen and oxygen atoms in total. The molecule has 18 heteroatoms. The minimum absolute atomic E-state index is 0.108. The third kappa shape index (κ3) is 17.6. The molecular weight excluding hydrogens is 657 g/mol. The molecule has 242 valence electrons. The molecule has 0 amide bonds. The van der Waals surface area contributed by atoms with Gasteiger partial charge in [0.05, 0.1) is 52.8 Å². The van der Waals surface area contributed by atoms with E-state index in [1.807, 2.05) is 0 Å². The van der Waals surface area contributed by atoms with Crippen molar-refractivity contribution in [3.8, 4) is 0 Å². The Morgan fingerprint density at radius 3 is 0.881 bits per heavy atom. The fourth-order valence-electron chi connectivity index (χ4n) is 2.89. The largest absolute Gasteiger partial charge is 0.465 e. The summed E-state index contributed by atoms with van der Waals surface area (Å²) in [5, 5.41) is 0. The third-order valence-corrected chi connectivity index (χ3v) is 6.44. The second-order valence-electron chi connectivity index (χ2n) is 9.00. The van der Waals surface area contributed by atoms with Gasteiger partial charge in [-0.3, -0.25) is 28.8 Å². The van der Waals surface area contributed by atoms with Crippen LogP contribution in [0.15, 0.2) is 0 Å². The van der Waals surface area contributed by atoms with Crippen LogP contribution in [-0.2, 0) is 61.9 Å². The Labute approximate surface area is 272 Å². The minimum atomic E-state index is -1.43. The summed E-state index contributed by atoms with van der Waals surface area (Å²) in [4.78, 5) is 71.7. The van der Waals surface area contributed by atoms with Gasteiger partial charge in [-0.25, -0.2) is 0 Å². The molecule has 0 fully saturated rings. The van der Waals surface area contributed by atoms with Gasteiger partial charge in [0.2, 0.25) is 0 Å². The fourth-order valence-corrected chi connectivity index (χ4v) is 3.35. The SMILES string of the molecule is CCCC(=O)OCC(COCC(COC(=O)CS)(COC(=O)CS)COC(=O)CS)(COC(=O)CS)COC(=O)CS. The summed E-state index contributed by atoms with van der Waals surface area (Å²) in [5.74, 6) is -5.37. The molecule has 0 saturated carbocycles. The lowest BCUT2D eigenvalue weighted by atomic mass is 9.90. The minimum Gasteiger partial charge on any atom is -0.465 e. The lowest BCUT2D eigenvalue weighted by Crippen LogP contribution is -2.47. The van der Waals surface area contributed by atoms with E-state index in [-0.39, 0.29) is 55.0 Å². The molecule has 0 bridgehead atoms. The number of esters is 6. The number of carbonyl (C=O) groups excluding carboxylic acids is 6. The Balaban J connectivity index is 6.24. The molecule has 0 aromatic rings. The van der Waals surface area contributed by atoms with Crippen molar-refractivity contribution < 1.29 is 61.9 Å². The zero-order valence-corrected chi connectivity index (χ0v) is 27.6. The van der Waals surface area contributed by atoms with Gasteiger partial charge in [0, 0.05) is 6.42 Å². The van der Waals surface area contributed by atoms with E-state index in [9.17, 15) is 28.8 Å². The summed E-state index contributed by atoms with van der Waals surface area (Å²) in [6, 6.07) is 0. The van der Waals surface area contributed by atoms with E-state index in [0.29, 0.717) is 6.42 Å². The monoisotopic (exact) mass is 694 g/mol. The lowest BCUT2D eigenvalue weighted by Gasteiger charge is -2.35. The predicted octanol–water partition coefficient (Wildman–Crippen LogP) is 0.684. The van der Waals surface area contributed by atoms with Crippen LogP contribution in [-0.4, -0.2) is 117 Å². The summed E-state index contributed by atoms with van der Waals surface area (Å²) in [5.41, 5.74) is -2.83. The van der Waals surface area contributed by atoms with Crippen molar-refractivity contribution in [3.63, 3.8) is 0 Å². The first-order valence-corrected chi connectivity index (χ1v) is 15.7. The van der Waals surface area contributed by atoms with Crippen molar-refractivity contribution in [3.05, 3.63) is 0 Å². The average Bonchev–Trinajstić information content (AvgIpc) is 3.00. The molecule has 0 aromatic heterocycles. The molecule has 0 unspecified atom stereocenters. The number of thiol groups is 5. The molecule has 0 aromatic carbocycles. The smallest absolute Gasteiger partial charge is 0.315 e. The summed E-state index contributed by atoms with van der Waals surface area (Å²) >= 11 is 19.4. The predicted molar refractivity (Wildman–Crippen MR) is 166 cm³/mol. The first kappa shape index (κ1) is 40.5. The maximum absolute atomic E-state index is 12.2. The van der Waals surface area contributed by atoms with E-state index in [4.69, 9.17) is 33.2 Å². The van der Waals surface area contributed by atoms with Gasteiger partial charge in [-0.2, -0.15) is 63.1 Å². The molecule has 0 aliphatic carbocycles. The number of hydrogen-bond donors (Lipinski definition) is 5. The van der Waals surface area contributed by atoms with Gasteiger partial charge in [-0.05, 0) is 6.42 Å². The van der Waals surface area contributed by atoms with Crippen LogP contribution in [0.25, 0.3) is 0 Å². The molecule has 0 atom stereocenters. The number of carbonyl (C=O) groups is 6. The molecule has 0 aliphatic rings. The van der Waals surface area contributed by atoms with Crippen molar-refractivity contribution in [2.24, 2.45) is 10.8 Å². The molecule has 0 saturated heterocycles. The Kier molecular flexibility index (Phi) is 22.2. The molecule has 0 spiro atoms. The number of hydrogen-bond acceptors (Lipinski definition) is 18. The van der Waals surface area contributed by atoms with E-state index < -0.39 is 79.7 Å². The van der Waals surface area contributed by atoms with Gasteiger partial charge in [0.1, 0.15) is 39.6 Å². The van der Waals surface area contributed by atoms with E-state index in [0.717, 1.165) is 0 Å². The van der Waals surface area contributed by atoms with Crippen molar-refractivity contribution in [1.29, 1.82) is 0 Å². The maximum Gasteiger partial charge on any atom is 0.315 e. The number of ether oxygens (including phenoxy) is 7. The highest BCUT2D eigenvalue weighted by molar-refractivity contribution is 7.81. The Morgan fingerprint density at radius 1 is 0.429 bits per heavy atom. The van der Waals surface area contributed by atoms with E-state index >= 15 is 0 Å². The first-order valence-electron chi connectivity index (χ1n) is 12.5. The highest BCUT2D eigenvalue weighted by atomic mass is 32.1. The quantitative estimate of drug-likeness (QED) is 0.0577. The van der Waals surface area contributed by atoms with Gasteiger partial charge >= 0.3 is 35.8 Å². The van der Waals surface area contributed by atoms with Crippen LogP contribution in [0, 0.1) is 10.8 Å². The Morgan fingerprint density at radius 2 is 0.667 bits per heavy atom. The average molecular weight is 695 g/mol. The molecule has 0 radical (unpaired) electrons. The zero-order valence-electron chi connectivity index (χ0n) is 23.1. The molecule has 0 heterocycles. The highest BCUT2D eigenvalue weighted by Crippen LogP contribution is 2.26. The van der Waals surface area contributed by atoms with Crippen LogP contribution in [0.5, 0.6) is 0 Å². The standard InChI is InChI=1S/C24H38O13S5/c1-2-3-17(25)32-11-23(12-33-18(26)4-38,13-34-19(27)5-39)9-31-10-24(14-35-20(28)6-40,15-36-21(29)7-41)16-37-22(30)8-42/h38-42H,2-16H2,1H3. The molecule has 0 aliphatic heterocycles. The van der Waals surface area contributed by atoms with Gasteiger partial charge < -0.3 is 33.2 Å². The molecule has 0 N–H and O–H groups in total. The third-order valence-electron chi connectivity index (χ3n) is 5.15. The highest BCUT2D eigenvalue weighted by Gasteiger charge is 2.40. The van der Waals surface area contributed by atoms with Crippen LogP contribution >= 0.6 is 63.1 Å². The maximum atomic E-state index is 12.2. The van der Waals surface area contributed by atoms with Crippen molar-refractivity contribution in [2.75, 3.05) is 81.6 Å². The molecular formula is C24H38O13S5. The summed E-state index contributed by atoms with van der Waals surface area (Å²) in [7, 11) is 0. The van der Waals surface area contributed by atoms with E-state index in [2.05, 4.69) is 63.1 Å². The summed E-state index contributed by atoms with van der Waals surface area (Å²) < 4.78 is 37.5. The van der Waals surface area contributed by atoms with Crippen LogP contribution < -0.4 is 0 Å². The molecule has 42 heavy (non-hydrogen) atoms. The van der Waals surface area contributed by atoms with Gasteiger partial charge in [-0.1, -0.05) is 6.92 Å². The second kappa shape index (κ2) is 23.0. The van der Waals surface area contributed by atoms with Crippen molar-refractivity contribution in [1.82, 2.24) is 0 Å². The molecule has 0 rings (SSSR count). The number of rotatable bonds is 23. The van der Waals surface area contributed by atoms with Crippen molar-refractivity contribution >= 4 is 99.0 Å². The zero-order chi connectivity index (χ0) is 32.0. The van der Waals surface area contributed by atoms with E-state index in [1.54, 1.807) is 6.92 Å². The normalized spacial score (nSPS) is 11.3. The van der Waals surface area contributed by atoms with Crippen LogP contribution in [0.1, 0.15) is 19.8 Å². The first-order chi connectivity index (χ1) is 19.9. The fraction of sp³-hybridized carbons (Fsp3) is 0.750. The van der Waals surface area contributed by atoms with Gasteiger partial charge in [-0.15, -0.1) is 0 Å². The second-order valence-corrected chi connectivity index (χ2v) is 10.6. The Hall–Kier alpha value is -1.47. The van der Waals surface area contributed by atoms with Gasteiger partial charge in [0.25, 0.3) is 0 Å². The van der Waals surface area contributed by atoms with E-state index in [1.165, 1.54) is 0 Å². The summed E-state index contributed by atoms with van der Waals surface area (Å²) in [6.45, 7) is -1.39. The lowest BCUT2D eigenvalue weighted by molar-refractivity contribution is -0.172. The van der Waals surface area contributed by atoms with Crippen LogP contribution in [0.2, 0.25) is 0 Å². The Bertz CT molecular complexity index is 817. The van der Waals surface area contributed by atoms with Crippen LogP contribution in [0.4, 0.5) is 0 Å². The van der Waals surface area contributed by atoms with Crippen LogP contribution in [0.3, 0.4) is 0 Å². The summed E-state index contributed by atoms with van der Waals surface area (Å²) in [6.07, 6.45) is 0.617. The topological polar surface area (TPSA) is 167 Å². The van der Waals surface area contributed by atoms with Gasteiger partial charge in [0.15, 0.2) is 0 Å². The van der Waals surface area contributed by atoms with Crippen molar-refractivity contribution in [2.45, 2.75) is 19.8 Å².